The lowest BCUT2D eigenvalue weighted by atomic mass is 10.0. The second-order valence-corrected chi connectivity index (χ2v) is 7.48. The standard InChI is InChI=1S/C21H18ClN5O/c1-11-3-2-4-16(22)19(11)17-8-13-9-18(25-10-15(13)20(24)26-17)27-21(28)14-7-12(14)5-6-23/h2-4,8-10,12,14H,5,7H2,1H3,(H2,24,26)(H,25,27,28)/t12-,14-/m1/s1. The molecule has 1 fully saturated rings. The van der Waals surface area contributed by atoms with Gasteiger partial charge >= 0.3 is 0 Å². The number of carbonyl (C=O) groups excluding carboxylic acids is 1. The molecule has 28 heavy (non-hydrogen) atoms. The number of halogens is 1. The van der Waals surface area contributed by atoms with Gasteiger partial charge in [0, 0.05) is 29.5 Å². The van der Waals surface area contributed by atoms with E-state index in [-0.39, 0.29) is 17.7 Å². The number of amides is 1. The highest BCUT2D eigenvalue weighted by Crippen LogP contribution is 2.41. The molecule has 0 unspecified atom stereocenters. The van der Waals surface area contributed by atoms with Crippen LogP contribution in [0.4, 0.5) is 11.6 Å². The molecule has 0 spiro atoms. The molecule has 2 heterocycles. The molecule has 2 aromatic heterocycles. The van der Waals surface area contributed by atoms with Gasteiger partial charge in [0.2, 0.25) is 5.91 Å². The molecule has 0 radical (unpaired) electrons. The topological polar surface area (TPSA) is 105 Å². The van der Waals surface area contributed by atoms with E-state index in [4.69, 9.17) is 22.6 Å². The average Bonchev–Trinajstić information content (AvgIpc) is 3.41. The second-order valence-electron chi connectivity index (χ2n) is 7.07. The minimum atomic E-state index is -0.110. The van der Waals surface area contributed by atoms with E-state index >= 15 is 0 Å². The fourth-order valence-corrected chi connectivity index (χ4v) is 3.78. The SMILES string of the molecule is Cc1cccc(Cl)c1-c1cc2cc(NC(=O)[C@@H]3C[C@H]3CC#N)ncc2c(N)n1. The van der Waals surface area contributed by atoms with Crippen molar-refractivity contribution in [3.63, 3.8) is 0 Å². The van der Waals surface area contributed by atoms with Crippen LogP contribution in [0.25, 0.3) is 22.0 Å². The predicted molar refractivity (Wildman–Crippen MR) is 110 cm³/mol. The molecule has 3 aromatic rings. The zero-order valence-corrected chi connectivity index (χ0v) is 16.0. The highest BCUT2D eigenvalue weighted by molar-refractivity contribution is 6.33. The molecule has 0 aliphatic heterocycles. The third-order valence-electron chi connectivity index (χ3n) is 5.09. The fourth-order valence-electron chi connectivity index (χ4n) is 3.46. The van der Waals surface area contributed by atoms with Crippen LogP contribution < -0.4 is 11.1 Å². The van der Waals surface area contributed by atoms with Crippen LogP contribution in [0.2, 0.25) is 5.02 Å². The highest BCUT2D eigenvalue weighted by atomic mass is 35.5. The smallest absolute Gasteiger partial charge is 0.228 e. The summed E-state index contributed by atoms with van der Waals surface area (Å²) < 4.78 is 0. The van der Waals surface area contributed by atoms with Gasteiger partial charge in [0.15, 0.2) is 0 Å². The average molecular weight is 392 g/mol. The van der Waals surface area contributed by atoms with Crippen molar-refractivity contribution in [2.75, 3.05) is 11.1 Å². The third kappa shape index (κ3) is 3.37. The van der Waals surface area contributed by atoms with E-state index in [0.717, 1.165) is 22.9 Å². The van der Waals surface area contributed by atoms with Gasteiger partial charge < -0.3 is 11.1 Å². The van der Waals surface area contributed by atoms with E-state index in [2.05, 4.69) is 21.4 Å². The molecular formula is C21H18ClN5O. The van der Waals surface area contributed by atoms with Gasteiger partial charge in [0.25, 0.3) is 0 Å². The maximum absolute atomic E-state index is 12.3. The molecule has 2 atom stereocenters. The van der Waals surface area contributed by atoms with Crippen LogP contribution in [-0.4, -0.2) is 15.9 Å². The van der Waals surface area contributed by atoms with E-state index in [0.29, 0.717) is 34.2 Å². The van der Waals surface area contributed by atoms with Crippen molar-refractivity contribution >= 4 is 39.9 Å². The number of aryl methyl sites for hydroxylation is 1. The van der Waals surface area contributed by atoms with Crippen molar-refractivity contribution < 1.29 is 4.79 Å². The Morgan fingerprint density at radius 1 is 1.43 bits per heavy atom. The number of anilines is 2. The second kappa shape index (κ2) is 7.10. The molecule has 1 saturated carbocycles. The molecule has 1 aromatic carbocycles. The quantitative estimate of drug-likeness (QED) is 0.688. The molecule has 1 amide bonds. The normalized spacial score (nSPS) is 17.9. The van der Waals surface area contributed by atoms with Gasteiger partial charge in [-0.15, -0.1) is 0 Å². The Kier molecular flexibility index (Phi) is 4.62. The molecule has 140 valence electrons. The number of rotatable bonds is 4. The van der Waals surface area contributed by atoms with Gasteiger partial charge in [-0.05, 0) is 48.4 Å². The Bertz CT molecular complexity index is 1120. The minimum absolute atomic E-state index is 0.101. The summed E-state index contributed by atoms with van der Waals surface area (Å²) in [5, 5.41) is 13.7. The molecule has 0 bridgehead atoms. The summed E-state index contributed by atoms with van der Waals surface area (Å²) >= 11 is 6.38. The summed E-state index contributed by atoms with van der Waals surface area (Å²) in [7, 11) is 0. The van der Waals surface area contributed by atoms with E-state index in [9.17, 15) is 4.79 Å². The Hall–Kier alpha value is -3.17. The monoisotopic (exact) mass is 391 g/mol. The van der Waals surface area contributed by atoms with Gasteiger partial charge in [-0.1, -0.05) is 23.7 Å². The number of nitriles is 1. The molecule has 4 rings (SSSR count). The third-order valence-corrected chi connectivity index (χ3v) is 5.40. The summed E-state index contributed by atoms with van der Waals surface area (Å²) in [5.74, 6) is 0.749. The number of fused-ring (bicyclic) bond motifs is 1. The molecular weight excluding hydrogens is 374 g/mol. The zero-order chi connectivity index (χ0) is 19.8. The predicted octanol–water partition coefficient (Wildman–Crippen LogP) is 4.33. The first-order valence-corrected chi connectivity index (χ1v) is 9.35. The van der Waals surface area contributed by atoms with Gasteiger partial charge in [-0.3, -0.25) is 4.79 Å². The number of nitrogens with zero attached hydrogens (tertiary/aromatic N) is 3. The van der Waals surface area contributed by atoms with Crippen molar-refractivity contribution in [2.24, 2.45) is 11.8 Å². The van der Waals surface area contributed by atoms with Crippen LogP contribution >= 0.6 is 11.6 Å². The highest BCUT2D eigenvalue weighted by Gasteiger charge is 2.42. The Labute approximate surface area is 167 Å². The van der Waals surface area contributed by atoms with Crippen LogP contribution in [-0.2, 0) is 4.79 Å². The maximum atomic E-state index is 12.3. The van der Waals surface area contributed by atoms with Crippen molar-refractivity contribution in [3.05, 3.63) is 47.1 Å². The first-order valence-electron chi connectivity index (χ1n) is 8.97. The number of nitrogen functional groups attached to an aromatic ring is 1. The molecule has 6 nitrogen and oxygen atoms in total. The van der Waals surface area contributed by atoms with Gasteiger partial charge in [-0.25, -0.2) is 9.97 Å². The molecule has 3 N–H and O–H groups in total. The lowest BCUT2D eigenvalue weighted by Gasteiger charge is -2.11. The number of hydrogen-bond acceptors (Lipinski definition) is 5. The first-order chi connectivity index (χ1) is 13.5. The van der Waals surface area contributed by atoms with E-state index in [1.807, 2.05) is 31.2 Å². The van der Waals surface area contributed by atoms with Crippen molar-refractivity contribution in [1.82, 2.24) is 9.97 Å². The van der Waals surface area contributed by atoms with Crippen LogP contribution in [0.5, 0.6) is 0 Å². The lowest BCUT2D eigenvalue weighted by Crippen LogP contribution is -2.15. The Morgan fingerprint density at radius 3 is 3.00 bits per heavy atom. The largest absolute Gasteiger partial charge is 0.383 e. The van der Waals surface area contributed by atoms with E-state index in [1.165, 1.54) is 0 Å². The summed E-state index contributed by atoms with van der Waals surface area (Å²) in [6, 6.07) is 11.5. The number of aromatic nitrogens is 2. The Balaban J connectivity index is 1.67. The molecule has 0 saturated heterocycles. The number of benzene rings is 1. The number of hydrogen-bond donors (Lipinski definition) is 2. The maximum Gasteiger partial charge on any atom is 0.228 e. The van der Waals surface area contributed by atoms with Crippen LogP contribution in [0, 0.1) is 30.1 Å². The van der Waals surface area contributed by atoms with Gasteiger partial charge in [-0.2, -0.15) is 5.26 Å². The molecule has 1 aliphatic rings. The first kappa shape index (κ1) is 18.2. The lowest BCUT2D eigenvalue weighted by molar-refractivity contribution is -0.117. The number of nitrogens with one attached hydrogen (secondary N) is 1. The van der Waals surface area contributed by atoms with Gasteiger partial charge in [0.1, 0.15) is 11.6 Å². The summed E-state index contributed by atoms with van der Waals surface area (Å²) in [6.45, 7) is 1.97. The van der Waals surface area contributed by atoms with E-state index < -0.39 is 0 Å². The van der Waals surface area contributed by atoms with Crippen LogP contribution in [0.1, 0.15) is 18.4 Å². The van der Waals surface area contributed by atoms with Crippen molar-refractivity contribution in [1.29, 1.82) is 5.26 Å². The molecule has 1 aliphatic carbocycles. The summed E-state index contributed by atoms with van der Waals surface area (Å²) in [5.41, 5.74) is 8.65. The van der Waals surface area contributed by atoms with Crippen molar-refractivity contribution in [3.8, 4) is 17.3 Å². The van der Waals surface area contributed by atoms with Gasteiger partial charge in [0.05, 0.1) is 16.8 Å². The zero-order valence-electron chi connectivity index (χ0n) is 15.2. The fraction of sp³-hybridized carbons (Fsp3) is 0.238. The van der Waals surface area contributed by atoms with Crippen molar-refractivity contribution in [2.45, 2.75) is 19.8 Å². The molecule has 7 heteroatoms. The number of nitrogens with two attached hydrogens (primary N) is 1. The van der Waals surface area contributed by atoms with E-state index in [1.54, 1.807) is 12.3 Å². The number of pyridine rings is 2. The number of carbonyl (C=O) groups is 1. The van der Waals surface area contributed by atoms with Crippen LogP contribution in [0.15, 0.2) is 36.5 Å². The Morgan fingerprint density at radius 2 is 2.25 bits per heavy atom. The summed E-state index contributed by atoms with van der Waals surface area (Å²) in [4.78, 5) is 21.1. The van der Waals surface area contributed by atoms with Crippen LogP contribution in [0.3, 0.4) is 0 Å². The summed E-state index contributed by atoms with van der Waals surface area (Å²) in [6.07, 6.45) is 2.77. The minimum Gasteiger partial charge on any atom is -0.383 e.